The largest absolute Gasteiger partial charge is 0.743 e. The Labute approximate surface area is 196 Å². The van der Waals surface area contributed by atoms with Gasteiger partial charge < -0.3 is 10.4 Å². The number of hydrogen-bond acceptors (Lipinski definition) is 5. The van der Waals surface area contributed by atoms with Crippen molar-refractivity contribution in [3.8, 4) is 11.5 Å². The standard InChI is InChI=1S/2C12H13NO.2Al.O/c2*1-3-9-7-8(2)13-12-10(9)5-4-6-11(12)14;;;/h2*4-7,14H,3H2,1-2H3;;;/q;;2*+1;/p-2. The minimum Gasteiger partial charge on any atom is -0.626 e. The quantitative estimate of drug-likeness (QED) is 0.282. The summed E-state index contributed by atoms with van der Waals surface area (Å²) in [6.07, 6.45) is 1.92. The molecule has 2 heterocycles. The van der Waals surface area contributed by atoms with Crippen molar-refractivity contribution in [3.05, 3.63) is 71.0 Å². The number of fused-ring (bicyclic) bond motifs is 2. The van der Waals surface area contributed by atoms with Crippen LogP contribution in [0.25, 0.3) is 21.8 Å². The van der Waals surface area contributed by atoms with Gasteiger partial charge in [-0.1, -0.05) is 38.1 Å². The molecule has 2 aromatic carbocycles. The van der Waals surface area contributed by atoms with E-state index in [1.807, 2.05) is 38.1 Å². The Morgan fingerprint density at radius 3 is 1.58 bits per heavy atom. The highest BCUT2D eigenvalue weighted by molar-refractivity contribution is 6.35. The molecule has 0 aliphatic carbocycles. The first kappa shape index (κ1) is 22.1. The fraction of sp³-hybridized carbons (Fsp3) is 0.250. The van der Waals surface area contributed by atoms with Crippen molar-refractivity contribution in [1.29, 1.82) is 0 Å². The molecule has 2 aromatic heterocycles. The van der Waals surface area contributed by atoms with Gasteiger partial charge in [-0.15, -0.1) is 0 Å². The molecule has 0 spiro atoms. The van der Waals surface area contributed by atoms with Crippen LogP contribution in [0.4, 0.5) is 0 Å². The Hall–Kier alpha value is -2.12. The molecule has 0 fully saturated rings. The van der Waals surface area contributed by atoms with E-state index >= 15 is 0 Å². The maximum atomic E-state index is 5.98. The molecule has 7 heteroatoms. The molecule has 0 bridgehead atoms. The van der Waals surface area contributed by atoms with Gasteiger partial charge in [0.25, 0.3) is 0 Å². The SMILES string of the molecule is CCc1cc(C)nc2c([O][Al][O][Al][O]c3cccc4c(CC)cc(C)nc34)cccc12. The van der Waals surface area contributed by atoms with Gasteiger partial charge >= 0.3 is 31.8 Å². The van der Waals surface area contributed by atoms with Gasteiger partial charge in [-0.3, -0.25) is 0 Å². The second-order valence-electron chi connectivity index (χ2n) is 7.42. The molecule has 0 unspecified atom stereocenters. The predicted molar refractivity (Wildman–Crippen MR) is 126 cm³/mol. The van der Waals surface area contributed by atoms with E-state index in [1.165, 1.54) is 11.1 Å². The average molecular weight is 442 g/mol. The molecule has 5 nitrogen and oxygen atoms in total. The van der Waals surface area contributed by atoms with Crippen molar-refractivity contribution >= 4 is 53.6 Å². The number of benzene rings is 2. The van der Waals surface area contributed by atoms with Crippen LogP contribution in [-0.4, -0.2) is 41.7 Å². The lowest BCUT2D eigenvalue weighted by Crippen LogP contribution is -2.16. The maximum absolute atomic E-state index is 5.98. The molecule has 4 aromatic rings. The van der Waals surface area contributed by atoms with E-state index in [9.17, 15) is 0 Å². The molecule has 31 heavy (non-hydrogen) atoms. The van der Waals surface area contributed by atoms with Crippen molar-refractivity contribution in [3.63, 3.8) is 0 Å². The van der Waals surface area contributed by atoms with E-state index in [-0.39, 0.29) is 0 Å². The van der Waals surface area contributed by atoms with Crippen LogP contribution < -0.4 is 7.58 Å². The highest BCUT2D eigenvalue weighted by atomic mass is 27.3. The Morgan fingerprint density at radius 1 is 0.710 bits per heavy atom. The Morgan fingerprint density at radius 2 is 1.16 bits per heavy atom. The zero-order chi connectivity index (χ0) is 21.8. The first-order chi connectivity index (χ1) is 15.1. The lowest BCUT2D eigenvalue weighted by molar-refractivity contribution is 0.420. The van der Waals surface area contributed by atoms with E-state index < -0.39 is 31.8 Å². The first-order valence-electron chi connectivity index (χ1n) is 10.5. The Balaban J connectivity index is 1.43. The summed E-state index contributed by atoms with van der Waals surface area (Å²) >= 11 is -1.40. The van der Waals surface area contributed by atoms with Crippen molar-refractivity contribution < 1.29 is 10.4 Å². The molecule has 0 N–H and O–H groups in total. The molecular formula is C24H24Al2N2O3. The number of aryl methyl sites for hydroxylation is 4. The number of pyridine rings is 2. The van der Waals surface area contributed by atoms with Crippen LogP contribution in [0.15, 0.2) is 48.5 Å². The molecule has 4 rings (SSSR count). The molecule has 0 saturated heterocycles. The van der Waals surface area contributed by atoms with Crippen LogP contribution in [0.1, 0.15) is 36.4 Å². The minimum atomic E-state index is -0.699. The Bertz CT molecular complexity index is 1140. The maximum Gasteiger partial charge on any atom is 0.743 e. The molecule has 0 aliphatic heterocycles. The second kappa shape index (κ2) is 10.0. The van der Waals surface area contributed by atoms with Crippen LogP contribution in [0.5, 0.6) is 11.5 Å². The van der Waals surface area contributed by atoms with E-state index in [0.717, 1.165) is 57.5 Å². The number of aromatic nitrogens is 2. The van der Waals surface area contributed by atoms with Crippen molar-refractivity contribution in [2.75, 3.05) is 0 Å². The van der Waals surface area contributed by atoms with Gasteiger partial charge in [0.2, 0.25) is 0 Å². The van der Waals surface area contributed by atoms with Gasteiger partial charge in [0, 0.05) is 22.2 Å². The average Bonchev–Trinajstić information content (AvgIpc) is 2.78. The lowest BCUT2D eigenvalue weighted by Gasteiger charge is -2.14. The van der Waals surface area contributed by atoms with Gasteiger partial charge in [0.05, 0.1) is 0 Å². The first-order valence-corrected chi connectivity index (χ1v) is 12.4. The molecule has 0 saturated carbocycles. The minimum absolute atomic E-state index is 0.699. The van der Waals surface area contributed by atoms with E-state index in [2.05, 4.69) is 48.1 Å². The van der Waals surface area contributed by atoms with Crippen molar-refractivity contribution in [2.24, 2.45) is 0 Å². The van der Waals surface area contributed by atoms with E-state index in [4.69, 9.17) is 10.4 Å². The molecule has 0 amide bonds. The summed E-state index contributed by atoms with van der Waals surface area (Å²) in [6, 6.07) is 16.4. The number of rotatable bonds is 8. The monoisotopic (exact) mass is 442 g/mol. The third-order valence-corrected chi connectivity index (χ3v) is 6.84. The number of hydrogen-bond donors (Lipinski definition) is 0. The molecule has 2 radical (unpaired) electrons. The van der Waals surface area contributed by atoms with Gasteiger partial charge in [-0.05, 0) is 62.1 Å². The second-order valence-corrected chi connectivity index (χ2v) is 9.37. The fourth-order valence-corrected chi connectivity index (χ4v) is 5.04. The molecule has 0 atom stereocenters. The third-order valence-electron chi connectivity index (χ3n) is 5.26. The lowest BCUT2D eigenvalue weighted by atomic mass is 10.1. The van der Waals surface area contributed by atoms with Crippen molar-refractivity contribution in [1.82, 2.24) is 9.97 Å². The zero-order valence-electron chi connectivity index (χ0n) is 18.3. The molecule has 154 valence electrons. The van der Waals surface area contributed by atoms with Crippen molar-refractivity contribution in [2.45, 2.75) is 40.5 Å². The fourth-order valence-electron chi connectivity index (χ4n) is 3.83. The van der Waals surface area contributed by atoms with Crippen LogP contribution in [-0.2, 0) is 15.7 Å². The van der Waals surface area contributed by atoms with E-state index in [1.54, 1.807) is 0 Å². The molecular weight excluding hydrogens is 418 g/mol. The smallest absolute Gasteiger partial charge is 0.626 e. The van der Waals surface area contributed by atoms with E-state index in [0.29, 0.717) is 0 Å². The summed E-state index contributed by atoms with van der Waals surface area (Å²) in [4.78, 5) is 9.38. The van der Waals surface area contributed by atoms with Gasteiger partial charge in [-0.25, -0.2) is 9.97 Å². The third kappa shape index (κ3) is 4.88. The topological polar surface area (TPSA) is 53.5 Å². The van der Waals surface area contributed by atoms with Gasteiger partial charge in [-0.2, -0.15) is 0 Å². The Kier molecular flexibility index (Phi) is 7.13. The summed E-state index contributed by atoms with van der Waals surface area (Å²) in [6.45, 7) is 8.34. The molecule has 0 aliphatic rings. The number of para-hydroxylation sites is 2. The highest BCUT2D eigenvalue weighted by Crippen LogP contribution is 2.28. The summed E-state index contributed by atoms with van der Waals surface area (Å²) in [5.74, 6) is 1.53. The zero-order valence-corrected chi connectivity index (χ0v) is 20.6. The summed E-state index contributed by atoms with van der Waals surface area (Å²) in [5, 5.41) is 2.27. The van der Waals surface area contributed by atoms with Crippen LogP contribution in [0.2, 0.25) is 0 Å². The van der Waals surface area contributed by atoms with Crippen LogP contribution in [0.3, 0.4) is 0 Å². The number of nitrogens with zero attached hydrogens (tertiary/aromatic N) is 2. The normalized spacial score (nSPS) is 11.0. The predicted octanol–water partition coefficient (Wildman–Crippen LogP) is 5.07. The van der Waals surface area contributed by atoms with Crippen LogP contribution in [0, 0.1) is 13.8 Å². The highest BCUT2D eigenvalue weighted by Gasteiger charge is 2.14. The summed E-state index contributed by atoms with van der Waals surface area (Å²) < 4.78 is 17.7. The van der Waals surface area contributed by atoms with Crippen LogP contribution >= 0.6 is 0 Å². The van der Waals surface area contributed by atoms with Gasteiger partial charge in [0.15, 0.2) is 0 Å². The summed E-state index contributed by atoms with van der Waals surface area (Å²) in [7, 11) is 0. The summed E-state index contributed by atoms with van der Waals surface area (Å²) in [5.41, 5.74) is 6.34. The van der Waals surface area contributed by atoms with Gasteiger partial charge in [0.1, 0.15) is 22.5 Å².